The van der Waals surface area contributed by atoms with Crippen LogP contribution in [0.5, 0.6) is 46.0 Å². The molecule has 4 aliphatic heterocycles. The molecule has 0 unspecified atom stereocenters. The highest BCUT2D eigenvalue weighted by molar-refractivity contribution is 7.79. The largest absolute Gasteiger partial charge is 0.457 e. The molecular weight excluding hydrogens is 785 g/mol. The lowest BCUT2D eigenvalue weighted by Crippen LogP contribution is -2.25. The quantitative estimate of drug-likeness (QED) is 0.102. The SMILES string of the molecule is CCC[C@@H]1c2cc3c4c(CO)c2OCOc2c1cc1c(c2CO)OCOc2c(cc5c(c2CS)OCOc2c(cc(c(c2CO)OCO4)[C@H]3CCC)[C@H]5CCC)[C@H]1CCC. The zero-order valence-corrected chi connectivity index (χ0v) is 35.9. The fraction of sp³-hybridized carbons (Fsp3) is 0.500. The van der Waals surface area contributed by atoms with Crippen LogP contribution in [0.2, 0.25) is 0 Å². The predicted molar refractivity (Wildman–Crippen MR) is 228 cm³/mol. The summed E-state index contributed by atoms with van der Waals surface area (Å²) in [5, 5.41) is 33.9. The number of thiol groups is 1. The summed E-state index contributed by atoms with van der Waals surface area (Å²) in [6, 6.07) is 8.96. The van der Waals surface area contributed by atoms with Gasteiger partial charge in [-0.25, -0.2) is 0 Å². The average Bonchev–Trinajstić information content (AvgIpc) is 3.24. The monoisotopic (exact) mass is 840 g/mol. The summed E-state index contributed by atoms with van der Waals surface area (Å²) in [5.41, 5.74) is 10.0. The van der Waals surface area contributed by atoms with E-state index < -0.39 is 0 Å². The molecule has 0 saturated carbocycles. The molecule has 4 heterocycles. The summed E-state index contributed by atoms with van der Waals surface area (Å²) in [5.74, 6) is 3.97. The minimum atomic E-state index is -0.340. The Morgan fingerprint density at radius 1 is 0.383 bits per heavy atom. The Hall–Kier alpha value is -4.49. The zero-order chi connectivity index (χ0) is 41.7. The van der Waals surface area contributed by atoms with Crippen molar-refractivity contribution in [1.29, 1.82) is 0 Å². The Morgan fingerprint density at radius 3 is 0.750 bits per heavy atom. The van der Waals surface area contributed by atoms with Crippen molar-refractivity contribution in [2.75, 3.05) is 27.2 Å². The fourth-order valence-corrected chi connectivity index (χ4v) is 11.0. The molecule has 4 atom stereocenters. The average molecular weight is 841 g/mol. The molecule has 0 radical (unpaired) electrons. The highest BCUT2D eigenvalue weighted by Crippen LogP contribution is 2.58. The van der Waals surface area contributed by atoms with E-state index >= 15 is 0 Å². The Kier molecular flexibility index (Phi) is 11.7. The van der Waals surface area contributed by atoms with Crippen molar-refractivity contribution in [2.45, 2.75) is 128 Å². The van der Waals surface area contributed by atoms with Gasteiger partial charge >= 0.3 is 0 Å². The summed E-state index contributed by atoms with van der Waals surface area (Å²) >= 11 is 4.93. The van der Waals surface area contributed by atoms with Crippen molar-refractivity contribution in [2.24, 2.45) is 0 Å². The Morgan fingerprint density at radius 2 is 0.583 bits per heavy atom. The number of hydrogen-bond acceptors (Lipinski definition) is 12. The second kappa shape index (κ2) is 17.1. The Labute approximate surface area is 357 Å². The number of aliphatic hydroxyl groups excluding tert-OH is 3. The van der Waals surface area contributed by atoms with Crippen LogP contribution in [0.3, 0.4) is 0 Å². The van der Waals surface area contributed by atoms with Crippen LogP contribution in [0.1, 0.15) is 169 Å². The fourth-order valence-electron chi connectivity index (χ4n) is 10.7. The number of benzene rings is 4. The summed E-state index contributed by atoms with van der Waals surface area (Å²) in [6.45, 7) is 7.11. The Balaban J connectivity index is 1.50. The van der Waals surface area contributed by atoms with Crippen molar-refractivity contribution < 1.29 is 53.2 Å². The van der Waals surface area contributed by atoms with Crippen LogP contribution in [-0.2, 0) is 25.6 Å². The molecule has 12 heteroatoms. The van der Waals surface area contributed by atoms with Gasteiger partial charge in [0.2, 0.25) is 27.2 Å². The van der Waals surface area contributed by atoms with E-state index in [0.29, 0.717) is 68.4 Å². The molecular formula is C48H56O11S. The first-order valence-corrected chi connectivity index (χ1v) is 22.3. The van der Waals surface area contributed by atoms with Gasteiger partial charge in [-0.3, -0.25) is 0 Å². The first-order valence-electron chi connectivity index (χ1n) is 21.7. The topological polar surface area (TPSA) is 135 Å². The molecule has 4 aromatic rings. The molecule has 0 aromatic heterocycles. The van der Waals surface area contributed by atoms with Gasteiger partial charge in [0.25, 0.3) is 0 Å². The molecule has 4 aromatic carbocycles. The highest BCUT2D eigenvalue weighted by Gasteiger charge is 2.41. The predicted octanol–water partition coefficient (Wildman–Crippen LogP) is 9.55. The van der Waals surface area contributed by atoms with Crippen molar-refractivity contribution in [3.05, 3.63) is 91.0 Å². The van der Waals surface area contributed by atoms with E-state index in [1.54, 1.807) is 0 Å². The van der Waals surface area contributed by atoms with Crippen LogP contribution in [0.15, 0.2) is 24.3 Å². The van der Waals surface area contributed by atoms with E-state index in [2.05, 4.69) is 52.0 Å². The van der Waals surface area contributed by atoms with Crippen molar-refractivity contribution in [1.82, 2.24) is 0 Å². The molecule has 0 fully saturated rings. The van der Waals surface area contributed by atoms with Crippen LogP contribution in [-0.4, -0.2) is 42.5 Å². The van der Waals surface area contributed by atoms with Gasteiger partial charge in [-0.2, -0.15) is 12.6 Å². The van der Waals surface area contributed by atoms with Gasteiger partial charge in [-0.05, 0) is 49.9 Å². The number of hydrogen-bond donors (Lipinski definition) is 4. The van der Waals surface area contributed by atoms with E-state index in [9.17, 15) is 15.3 Å². The molecule has 0 spiro atoms. The first kappa shape index (κ1) is 40.9. The Bertz CT molecular complexity index is 1850. The van der Waals surface area contributed by atoms with Gasteiger partial charge in [0.15, 0.2) is 0 Å². The van der Waals surface area contributed by atoms with Crippen LogP contribution in [0.4, 0.5) is 0 Å². The van der Waals surface area contributed by atoms with Gasteiger partial charge in [0.1, 0.15) is 46.0 Å². The van der Waals surface area contributed by atoms with Crippen LogP contribution >= 0.6 is 12.6 Å². The minimum absolute atomic E-state index is 0.115. The highest BCUT2D eigenvalue weighted by atomic mass is 32.1. The van der Waals surface area contributed by atoms with E-state index in [0.717, 1.165) is 101 Å². The molecule has 5 aliphatic rings. The maximum atomic E-state index is 11.3. The van der Waals surface area contributed by atoms with Gasteiger partial charge in [-0.1, -0.05) is 53.4 Å². The van der Waals surface area contributed by atoms with Gasteiger partial charge in [0.05, 0.1) is 36.5 Å². The van der Waals surface area contributed by atoms with Crippen molar-refractivity contribution >= 4 is 12.6 Å². The van der Waals surface area contributed by atoms with Gasteiger partial charge in [-0.15, -0.1) is 0 Å². The second-order valence-electron chi connectivity index (χ2n) is 16.4. The maximum absolute atomic E-state index is 11.3. The van der Waals surface area contributed by atoms with Crippen molar-refractivity contribution in [3.63, 3.8) is 0 Å². The second-order valence-corrected chi connectivity index (χ2v) is 16.7. The van der Waals surface area contributed by atoms with Crippen molar-refractivity contribution in [3.8, 4) is 46.0 Å². The lowest BCUT2D eigenvalue weighted by atomic mass is 9.74. The molecule has 11 nitrogen and oxygen atoms in total. The molecule has 60 heavy (non-hydrogen) atoms. The van der Waals surface area contributed by atoms with Gasteiger partial charge < -0.3 is 53.2 Å². The maximum Gasteiger partial charge on any atom is 0.230 e. The van der Waals surface area contributed by atoms with Crippen LogP contribution in [0.25, 0.3) is 0 Å². The number of ether oxygens (including phenoxy) is 8. The summed E-state index contributed by atoms with van der Waals surface area (Å²) in [7, 11) is 0. The molecule has 0 saturated heterocycles. The summed E-state index contributed by atoms with van der Waals surface area (Å²) in [4.78, 5) is 0. The molecule has 0 amide bonds. The lowest BCUT2D eigenvalue weighted by molar-refractivity contribution is 0.0898. The molecule has 1 aliphatic carbocycles. The molecule has 9 rings (SSSR count). The summed E-state index contributed by atoms with van der Waals surface area (Å²) in [6.07, 6.45) is 6.36. The lowest BCUT2D eigenvalue weighted by Gasteiger charge is -2.37. The van der Waals surface area contributed by atoms with Crippen LogP contribution in [0, 0.1) is 0 Å². The number of aliphatic hydroxyl groups is 3. The number of rotatable bonds is 12. The van der Waals surface area contributed by atoms with Crippen LogP contribution < -0.4 is 37.9 Å². The minimum Gasteiger partial charge on any atom is -0.457 e. The zero-order valence-electron chi connectivity index (χ0n) is 35.0. The van der Waals surface area contributed by atoms with E-state index in [-0.39, 0.29) is 70.7 Å². The van der Waals surface area contributed by atoms with E-state index in [4.69, 9.17) is 50.5 Å². The normalized spacial score (nSPS) is 20.3. The molecule has 3 N–H and O–H groups in total. The smallest absolute Gasteiger partial charge is 0.230 e. The third kappa shape index (κ3) is 6.43. The third-order valence-corrected chi connectivity index (χ3v) is 13.4. The van der Waals surface area contributed by atoms with Gasteiger partial charge in [0, 0.05) is 79.5 Å². The first-order chi connectivity index (χ1) is 29.5. The molecule has 8 bridgehead atoms. The summed E-state index contributed by atoms with van der Waals surface area (Å²) < 4.78 is 52.6. The third-order valence-electron chi connectivity index (χ3n) is 13.1. The standard InChI is InChI=1S/C48H56O11S/c1-5-9-25-29-13-30-26(10-6-2)32-15-34-28(12-8-4)36-16-35-27(11-7-3)33-14-31(25)43-38(18-50)45(33)56-23-58-47(35)40(20-60)48(36)59-24-57-46(34)39(19-51)44(32)55-22-53-42(30)37(17-49)41(29)52-21-54-43/h13-16,25-28,49-51,60H,5-12,17-24H2,1-4H3/t25-,26+,27+,28-. The van der Waals surface area contributed by atoms with E-state index in [1.807, 2.05) is 0 Å². The molecule has 320 valence electrons. The van der Waals surface area contributed by atoms with E-state index in [1.165, 1.54) is 0 Å².